The highest BCUT2D eigenvalue weighted by Crippen LogP contribution is 2.35. The Bertz CT molecular complexity index is 965. The van der Waals surface area contributed by atoms with E-state index in [9.17, 15) is 13.2 Å². The number of hydrogen-bond donors (Lipinski definition) is 0. The average molecular weight is 438 g/mol. The van der Waals surface area contributed by atoms with Crippen LogP contribution in [-0.4, -0.2) is 67.6 Å². The first-order valence-electron chi connectivity index (χ1n) is 10.3. The van der Waals surface area contributed by atoms with Gasteiger partial charge < -0.3 is 4.90 Å². The van der Waals surface area contributed by atoms with Gasteiger partial charge in [-0.15, -0.1) is 11.3 Å². The van der Waals surface area contributed by atoms with E-state index in [0.717, 1.165) is 39.8 Å². The molecule has 2 heterocycles. The molecule has 0 saturated carbocycles. The lowest BCUT2D eigenvalue weighted by Gasteiger charge is -2.37. The lowest BCUT2D eigenvalue weighted by Crippen LogP contribution is -2.51. The second-order valence-electron chi connectivity index (χ2n) is 7.66. The number of fused-ring (bicyclic) bond motifs is 1. The molecule has 0 spiro atoms. The maximum atomic E-state index is 13.3. The Kier molecular flexibility index (Phi) is 6.98. The van der Waals surface area contributed by atoms with Crippen LogP contribution < -0.4 is 0 Å². The number of thiophene rings is 1. The second kappa shape index (κ2) is 9.12. The van der Waals surface area contributed by atoms with Gasteiger partial charge in [0.1, 0.15) is 0 Å². The van der Waals surface area contributed by atoms with Crippen molar-refractivity contribution in [2.24, 2.45) is 0 Å². The Balaban J connectivity index is 2.02. The molecule has 3 rings (SSSR count). The molecule has 0 aliphatic carbocycles. The summed E-state index contributed by atoms with van der Waals surface area (Å²) >= 11 is 1.50. The van der Waals surface area contributed by atoms with Gasteiger partial charge in [-0.2, -0.15) is 17.0 Å². The highest BCUT2D eigenvalue weighted by molar-refractivity contribution is 7.86. The lowest BCUT2D eigenvalue weighted by atomic mass is 9.95. The monoisotopic (exact) mass is 437 g/mol. The quantitative estimate of drug-likeness (QED) is 0.665. The van der Waals surface area contributed by atoms with E-state index in [2.05, 4.69) is 0 Å². The number of nitrogens with zero attached hydrogens (tertiary/aromatic N) is 3. The van der Waals surface area contributed by atoms with E-state index >= 15 is 0 Å². The summed E-state index contributed by atoms with van der Waals surface area (Å²) in [7, 11) is 0.0118. The summed E-state index contributed by atoms with van der Waals surface area (Å²) in [6, 6.07) is 7.90. The van der Waals surface area contributed by atoms with Crippen LogP contribution in [0.5, 0.6) is 0 Å². The van der Waals surface area contributed by atoms with Gasteiger partial charge >= 0.3 is 0 Å². The Morgan fingerprint density at radius 2 is 1.86 bits per heavy atom. The highest BCUT2D eigenvalue weighted by atomic mass is 32.2. The molecule has 1 fully saturated rings. The number of hydrogen-bond acceptors (Lipinski definition) is 4. The third-order valence-corrected chi connectivity index (χ3v) is 9.08. The minimum Gasteiger partial charge on any atom is -0.344 e. The van der Waals surface area contributed by atoms with Crippen LogP contribution in [0.2, 0.25) is 0 Å². The van der Waals surface area contributed by atoms with Crippen LogP contribution in [0.25, 0.3) is 10.1 Å². The van der Waals surface area contributed by atoms with E-state index in [-0.39, 0.29) is 11.9 Å². The molecule has 1 aliphatic rings. The van der Waals surface area contributed by atoms with Crippen molar-refractivity contribution in [1.29, 1.82) is 0 Å². The Hall–Kier alpha value is -1.48. The molecule has 8 heteroatoms. The molecular formula is C21H31N3O3S2. The van der Waals surface area contributed by atoms with E-state index in [1.807, 2.05) is 38.1 Å². The fourth-order valence-electron chi connectivity index (χ4n) is 4.09. The molecular weight excluding hydrogens is 406 g/mol. The summed E-state index contributed by atoms with van der Waals surface area (Å²) in [6.45, 7) is 5.23. The molecule has 1 amide bonds. The van der Waals surface area contributed by atoms with Crippen LogP contribution in [0, 0.1) is 0 Å². The van der Waals surface area contributed by atoms with Crippen molar-refractivity contribution in [3.05, 3.63) is 34.7 Å². The van der Waals surface area contributed by atoms with Crippen molar-refractivity contribution in [3.8, 4) is 0 Å². The molecule has 160 valence electrons. The number of benzene rings is 1. The highest BCUT2D eigenvalue weighted by Gasteiger charge is 2.36. The Morgan fingerprint density at radius 3 is 2.52 bits per heavy atom. The first-order valence-corrected chi connectivity index (χ1v) is 12.5. The van der Waals surface area contributed by atoms with Crippen molar-refractivity contribution in [3.63, 3.8) is 0 Å². The van der Waals surface area contributed by atoms with Gasteiger partial charge in [0.15, 0.2) is 0 Å². The van der Waals surface area contributed by atoms with Crippen LogP contribution >= 0.6 is 11.3 Å². The smallest absolute Gasteiger partial charge is 0.282 e. The lowest BCUT2D eigenvalue weighted by molar-refractivity contribution is 0.0831. The van der Waals surface area contributed by atoms with Crippen LogP contribution in [0.1, 0.15) is 48.3 Å². The van der Waals surface area contributed by atoms with Gasteiger partial charge in [0.25, 0.3) is 16.1 Å². The molecule has 0 bridgehead atoms. The zero-order valence-electron chi connectivity index (χ0n) is 17.7. The van der Waals surface area contributed by atoms with Gasteiger partial charge in [-0.3, -0.25) is 4.79 Å². The van der Waals surface area contributed by atoms with E-state index in [4.69, 9.17) is 0 Å². The van der Waals surface area contributed by atoms with E-state index < -0.39 is 10.2 Å². The van der Waals surface area contributed by atoms with Crippen molar-refractivity contribution in [2.45, 2.75) is 45.6 Å². The molecule has 1 aliphatic heterocycles. The number of carbonyl (C=O) groups excluding carboxylic acids is 1. The van der Waals surface area contributed by atoms with Crippen molar-refractivity contribution >= 4 is 37.5 Å². The summed E-state index contributed by atoms with van der Waals surface area (Å²) in [4.78, 5) is 15.2. The van der Waals surface area contributed by atoms with E-state index in [0.29, 0.717) is 26.1 Å². The van der Waals surface area contributed by atoms with E-state index in [1.54, 1.807) is 23.3 Å². The number of piperidine rings is 1. The zero-order chi connectivity index (χ0) is 21.2. The van der Waals surface area contributed by atoms with E-state index in [1.165, 1.54) is 15.6 Å². The third-order valence-electron chi connectivity index (χ3n) is 5.64. The van der Waals surface area contributed by atoms with Gasteiger partial charge in [0.2, 0.25) is 0 Å². The largest absolute Gasteiger partial charge is 0.344 e. The predicted molar refractivity (Wildman–Crippen MR) is 120 cm³/mol. The molecule has 0 radical (unpaired) electrons. The summed E-state index contributed by atoms with van der Waals surface area (Å²) in [5.74, 6) is -0.0184. The minimum atomic E-state index is -3.50. The summed E-state index contributed by atoms with van der Waals surface area (Å²) < 4.78 is 30.8. The molecule has 0 unspecified atom stereocenters. The van der Waals surface area contributed by atoms with Gasteiger partial charge in [0.05, 0.1) is 4.88 Å². The molecule has 1 saturated heterocycles. The first kappa shape index (κ1) is 22.2. The van der Waals surface area contributed by atoms with Gasteiger partial charge in [-0.25, -0.2) is 0 Å². The van der Waals surface area contributed by atoms with Crippen molar-refractivity contribution in [1.82, 2.24) is 13.5 Å². The fraction of sp³-hybridized carbons (Fsp3) is 0.571. The normalized spacial score (nSPS) is 18.4. The molecule has 1 aromatic carbocycles. The van der Waals surface area contributed by atoms with Gasteiger partial charge in [0, 0.05) is 44.5 Å². The van der Waals surface area contributed by atoms with Gasteiger partial charge in [-0.1, -0.05) is 38.5 Å². The predicted octanol–water partition coefficient (Wildman–Crippen LogP) is 3.59. The fourth-order valence-corrected chi connectivity index (χ4v) is 7.21. The van der Waals surface area contributed by atoms with Crippen LogP contribution in [0.4, 0.5) is 0 Å². The number of rotatable bonds is 7. The average Bonchev–Trinajstić information content (AvgIpc) is 3.07. The number of carbonyl (C=O) groups is 1. The maximum Gasteiger partial charge on any atom is 0.282 e. The topological polar surface area (TPSA) is 60.9 Å². The molecule has 0 N–H and O–H groups in total. The SMILES string of the molecule is CCN(CC)S(=O)(=O)N1CCCC[C@@H]1Cc1c(C(=O)N(C)C)sc2ccccc12. The summed E-state index contributed by atoms with van der Waals surface area (Å²) in [6.07, 6.45) is 3.28. The Morgan fingerprint density at radius 1 is 1.17 bits per heavy atom. The Labute approximate surface area is 178 Å². The molecule has 6 nitrogen and oxygen atoms in total. The van der Waals surface area contributed by atoms with Crippen molar-refractivity contribution in [2.75, 3.05) is 33.7 Å². The molecule has 2 aromatic rings. The van der Waals surface area contributed by atoms with Crippen LogP contribution in [0.3, 0.4) is 0 Å². The third kappa shape index (κ3) is 4.35. The summed E-state index contributed by atoms with van der Waals surface area (Å²) in [5, 5.41) is 1.06. The molecule has 1 atom stereocenters. The van der Waals surface area contributed by atoms with Gasteiger partial charge in [-0.05, 0) is 36.3 Å². The minimum absolute atomic E-state index is 0.0184. The van der Waals surface area contributed by atoms with Crippen molar-refractivity contribution < 1.29 is 13.2 Å². The molecule has 1 aromatic heterocycles. The maximum absolute atomic E-state index is 13.3. The van der Waals surface area contributed by atoms with Crippen LogP contribution in [0.15, 0.2) is 24.3 Å². The second-order valence-corrected chi connectivity index (χ2v) is 10.6. The summed E-state index contributed by atoms with van der Waals surface area (Å²) in [5.41, 5.74) is 0.982. The zero-order valence-corrected chi connectivity index (χ0v) is 19.4. The number of amides is 1. The van der Waals surface area contributed by atoms with Crippen LogP contribution in [-0.2, 0) is 16.6 Å². The standard InChI is InChI=1S/C21H31N3O3S2/c1-5-23(6-2)29(26,27)24-14-10-9-11-16(24)15-18-17-12-7-8-13-19(17)28-20(18)21(25)22(3)4/h7-8,12-13,16H,5-6,9-11,14-15H2,1-4H3/t16-/m1/s1. The first-order chi connectivity index (χ1) is 13.8. The molecule has 29 heavy (non-hydrogen) atoms.